The Bertz CT molecular complexity index is 960. The Balaban J connectivity index is 0.00000274. The number of hydrogen-bond donors (Lipinski definition) is 0. The Labute approximate surface area is 212 Å². The molecule has 4 fully saturated rings. The second kappa shape index (κ2) is 11.3. The molecule has 0 aliphatic carbocycles. The first-order valence-corrected chi connectivity index (χ1v) is 13.3. The molecule has 5 nitrogen and oxygen atoms in total. The minimum absolute atomic E-state index is 0. The van der Waals surface area contributed by atoms with Gasteiger partial charge in [-0.1, -0.05) is 60.7 Å². The summed E-state index contributed by atoms with van der Waals surface area (Å²) in [6.07, 6.45) is 1.95. The molecule has 4 aliphatic heterocycles. The van der Waals surface area contributed by atoms with Crippen LogP contribution in [0.1, 0.15) is 34.8 Å². The molecule has 1 unspecified atom stereocenters. The van der Waals surface area contributed by atoms with Crippen LogP contribution in [0.25, 0.3) is 0 Å². The van der Waals surface area contributed by atoms with Crippen LogP contribution in [0.5, 0.6) is 0 Å². The van der Waals surface area contributed by atoms with E-state index in [1.807, 2.05) is 72.4 Å². The number of rotatable bonds is 7. The van der Waals surface area contributed by atoms with Crippen LogP contribution in [-0.2, 0) is 9.53 Å². The number of halogens is 1. The van der Waals surface area contributed by atoms with Gasteiger partial charge in [0.25, 0.3) is 0 Å². The van der Waals surface area contributed by atoms with Crippen molar-refractivity contribution >= 4 is 23.5 Å². The molecule has 2 aromatic rings. The van der Waals surface area contributed by atoms with E-state index < -0.39 is 0 Å². The summed E-state index contributed by atoms with van der Waals surface area (Å²) in [5.41, 5.74) is 1.79. The van der Waals surface area contributed by atoms with Gasteiger partial charge in [-0.2, -0.15) is 11.8 Å². The van der Waals surface area contributed by atoms with E-state index in [0.29, 0.717) is 12.5 Å². The molecule has 0 radical (unpaired) electrons. The van der Waals surface area contributed by atoms with Crippen molar-refractivity contribution in [2.45, 2.75) is 25.0 Å². The van der Waals surface area contributed by atoms with Crippen molar-refractivity contribution in [2.75, 3.05) is 50.8 Å². The first kappa shape index (κ1) is 25.2. The number of ketones is 1. The average molecular weight is 501 g/mol. The number of ether oxygens (including phenoxy) is 1. The number of carbonyl (C=O) groups is 2. The highest BCUT2D eigenvalue weighted by Crippen LogP contribution is 2.37. The van der Waals surface area contributed by atoms with Crippen LogP contribution in [0.2, 0.25) is 0 Å². The number of carbonyl (C=O) groups excluding carboxylic acids is 2. The molecular weight excluding hydrogens is 468 g/mol. The number of quaternary nitrogens is 1. The summed E-state index contributed by atoms with van der Waals surface area (Å²) >= 11 is 1.94. The molecule has 0 amide bonds. The van der Waals surface area contributed by atoms with Crippen molar-refractivity contribution in [2.24, 2.45) is 5.92 Å². The Kier molecular flexibility index (Phi) is 8.35. The van der Waals surface area contributed by atoms with Crippen molar-refractivity contribution < 1.29 is 31.2 Å². The Morgan fingerprint density at radius 2 is 1.59 bits per heavy atom. The summed E-state index contributed by atoms with van der Waals surface area (Å²) in [7, 11) is 0. The summed E-state index contributed by atoms with van der Waals surface area (Å²) < 4.78 is 7.04. The van der Waals surface area contributed by atoms with E-state index in [1.54, 1.807) is 0 Å². The Hall–Kier alpha value is -1.86. The van der Waals surface area contributed by atoms with Crippen LogP contribution in [0.15, 0.2) is 60.7 Å². The third-order valence-electron chi connectivity index (χ3n) is 7.63. The highest BCUT2D eigenvalue weighted by atomic mass is 35.5. The maximum Gasteiger partial charge on any atom is 0.328 e. The van der Waals surface area contributed by atoms with Gasteiger partial charge in [-0.25, -0.2) is 4.79 Å². The van der Waals surface area contributed by atoms with Gasteiger partial charge in [0.2, 0.25) is 5.78 Å². The van der Waals surface area contributed by atoms with Gasteiger partial charge in [-0.3, -0.25) is 9.69 Å². The zero-order valence-corrected chi connectivity index (χ0v) is 21.1. The molecule has 6 rings (SSSR count). The quantitative estimate of drug-likeness (QED) is 0.320. The molecule has 0 aromatic heterocycles. The smallest absolute Gasteiger partial charge is 0.328 e. The molecule has 2 bridgehead atoms. The van der Waals surface area contributed by atoms with Gasteiger partial charge in [-0.05, 0) is 5.56 Å². The van der Waals surface area contributed by atoms with Crippen molar-refractivity contribution in [1.82, 2.24) is 4.90 Å². The Morgan fingerprint density at radius 3 is 2.24 bits per heavy atom. The number of benzene rings is 2. The van der Waals surface area contributed by atoms with Crippen LogP contribution < -0.4 is 12.4 Å². The topological polar surface area (TPSA) is 46.6 Å². The van der Waals surface area contributed by atoms with Crippen LogP contribution in [0.4, 0.5) is 0 Å². The largest absolute Gasteiger partial charge is 1.00 e. The summed E-state index contributed by atoms with van der Waals surface area (Å²) in [4.78, 5) is 28.9. The van der Waals surface area contributed by atoms with Gasteiger partial charge < -0.3 is 21.6 Å². The molecule has 4 saturated heterocycles. The van der Waals surface area contributed by atoms with Crippen molar-refractivity contribution in [3.8, 4) is 0 Å². The fourth-order valence-electron chi connectivity index (χ4n) is 5.78. The third-order valence-corrected chi connectivity index (χ3v) is 8.58. The molecule has 182 valence electrons. The molecule has 2 atom stereocenters. The minimum atomic E-state index is -0.345. The first-order chi connectivity index (χ1) is 16.1. The zero-order valence-electron chi connectivity index (χ0n) is 19.5. The van der Waals surface area contributed by atoms with Gasteiger partial charge in [0.15, 0.2) is 6.10 Å². The molecule has 34 heavy (non-hydrogen) atoms. The van der Waals surface area contributed by atoms with Crippen molar-refractivity contribution in [3.63, 3.8) is 0 Å². The number of esters is 1. The van der Waals surface area contributed by atoms with Crippen molar-refractivity contribution in [3.05, 3.63) is 71.8 Å². The molecule has 2 aromatic carbocycles. The van der Waals surface area contributed by atoms with E-state index in [4.69, 9.17) is 4.74 Å². The fraction of sp³-hybridized carbons (Fsp3) is 0.481. The zero-order chi connectivity index (χ0) is 22.7. The monoisotopic (exact) mass is 500 g/mol. The number of fused-ring (bicyclic) bond motifs is 3. The standard InChI is InChI=1S/C27H33N2O3S.ClH/c30-24(21-7-3-1-4-8-21)19-29-15-11-22(12-16-29)25(20-29)32-27(31)26(23-9-5-2-6-10-23)28-13-17-33-18-14-28;/h1-10,22,25-26H,11-20H2;1H/q+1;/p-1/t22?,25-,26?,29?;/m0./s1. The van der Waals surface area contributed by atoms with Crippen molar-refractivity contribution in [1.29, 1.82) is 0 Å². The molecule has 4 heterocycles. The second-order valence-electron chi connectivity index (χ2n) is 9.69. The normalized spacial score (nSPS) is 27.4. The number of thioether (sulfide) groups is 1. The van der Waals surface area contributed by atoms with Crippen LogP contribution >= 0.6 is 11.8 Å². The van der Waals surface area contributed by atoms with Gasteiger partial charge in [0.1, 0.15) is 19.1 Å². The summed E-state index contributed by atoms with van der Waals surface area (Å²) in [6, 6.07) is 19.3. The second-order valence-corrected chi connectivity index (χ2v) is 10.9. The lowest BCUT2D eigenvalue weighted by molar-refractivity contribution is -0.938. The van der Waals surface area contributed by atoms with Gasteiger partial charge >= 0.3 is 5.97 Å². The van der Waals surface area contributed by atoms with E-state index in [2.05, 4.69) is 4.90 Å². The first-order valence-electron chi connectivity index (χ1n) is 12.1. The minimum Gasteiger partial charge on any atom is -1.00 e. The lowest BCUT2D eigenvalue weighted by atomic mass is 9.82. The molecule has 4 aliphatic rings. The van der Waals surface area contributed by atoms with E-state index in [-0.39, 0.29) is 36.3 Å². The van der Waals surface area contributed by atoms with Gasteiger partial charge in [0.05, 0.1) is 13.1 Å². The number of Topliss-reactive ketones (excluding diaryl/α,β-unsaturated/α-hetero) is 1. The number of piperidine rings is 3. The van der Waals surface area contributed by atoms with E-state index in [0.717, 1.165) is 72.7 Å². The lowest BCUT2D eigenvalue weighted by Gasteiger charge is -2.51. The SMILES string of the molecule is O=C(C[N+]12CCC(CC1)[C@@H](OC(=O)C(c1ccccc1)N1CCSCC1)C2)c1ccccc1.[Cl-]. The third kappa shape index (κ3) is 5.51. The number of hydrogen-bond acceptors (Lipinski definition) is 5. The maximum atomic E-state index is 13.6. The van der Waals surface area contributed by atoms with E-state index in [1.165, 1.54) is 0 Å². The van der Waals surface area contributed by atoms with Crippen LogP contribution in [0, 0.1) is 5.92 Å². The highest BCUT2D eigenvalue weighted by molar-refractivity contribution is 7.99. The number of nitrogens with zero attached hydrogens (tertiary/aromatic N) is 2. The Morgan fingerprint density at radius 1 is 0.971 bits per heavy atom. The average Bonchev–Trinajstić information content (AvgIpc) is 2.86. The summed E-state index contributed by atoms with van der Waals surface area (Å²) in [5.74, 6) is 2.57. The van der Waals surface area contributed by atoms with Crippen LogP contribution in [-0.4, -0.2) is 78.0 Å². The van der Waals surface area contributed by atoms with Crippen LogP contribution in [0.3, 0.4) is 0 Å². The fourth-order valence-corrected chi connectivity index (χ4v) is 6.71. The predicted molar refractivity (Wildman–Crippen MR) is 131 cm³/mol. The van der Waals surface area contributed by atoms with E-state index in [9.17, 15) is 9.59 Å². The molecule has 0 saturated carbocycles. The van der Waals surface area contributed by atoms with E-state index >= 15 is 0 Å². The lowest BCUT2D eigenvalue weighted by Crippen LogP contribution is -3.00. The summed E-state index contributed by atoms with van der Waals surface area (Å²) in [5, 5.41) is 0. The highest BCUT2D eigenvalue weighted by Gasteiger charge is 2.49. The molecule has 0 N–H and O–H groups in total. The predicted octanol–water partition coefficient (Wildman–Crippen LogP) is 0.816. The summed E-state index contributed by atoms with van der Waals surface area (Å²) in [6.45, 7) is 5.06. The van der Waals surface area contributed by atoms with Gasteiger partial charge in [-0.15, -0.1) is 0 Å². The maximum absolute atomic E-state index is 13.6. The molecule has 0 spiro atoms. The van der Waals surface area contributed by atoms with Gasteiger partial charge in [0, 0.05) is 48.9 Å². The molecular formula is C27H33ClN2O3S. The molecule has 7 heteroatoms.